The minimum atomic E-state index is -0.268. The van der Waals surface area contributed by atoms with Crippen LogP contribution in [0.1, 0.15) is 40.0 Å². The highest BCUT2D eigenvalue weighted by Gasteiger charge is 2.19. The number of carbonyl (C=O) groups excluding carboxylic acids is 1. The standard InChI is InChI=1S/C29H26ClNO3/c1-2-33-27-18-13-23(19-24(27)20-34-26-16-14-25(30)15-17-26)29(32)31-28(21-9-5-3-6-10-21)22-11-7-4-8-12-22/h3-19,28H,2,20H2,1H3,(H,31,32). The Bertz CT molecular complexity index is 1170. The van der Waals surface area contributed by atoms with Crippen molar-refractivity contribution in [3.63, 3.8) is 0 Å². The van der Waals surface area contributed by atoms with E-state index in [4.69, 9.17) is 21.1 Å². The Kier molecular flexibility index (Phi) is 7.84. The molecule has 0 heterocycles. The van der Waals surface area contributed by atoms with Gasteiger partial charge in [0.15, 0.2) is 0 Å². The predicted octanol–water partition coefficient (Wildman–Crippen LogP) is 6.84. The molecule has 1 N–H and O–H groups in total. The number of halogens is 1. The van der Waals surface area contributed by atoms with Gasteiger partial charge in [0.2, 0.25) is 0 Å². The van der Waals surface area contributed by atoms with Gasteiger partial charge in [0.25, 0.3) is 5.91 Å². The molecule has 4 nitrogen and oxygen atoms in total. The number of nitrogens with one attached hydrogen (secondary N) is 1. The van der Waals surface area contributed by atoms with Crippen LogP contribution in [0.15, 0.2) is 103 Å². The van der Waals surface area contributed by atoms with E-state index in [1.807, 2.05) is 91.9 Å². The first-order valence-corrected chi connectivity index (χ1v) is 11.6. The Hall–Kier alpha value is -3.76. The third-order valence-corrected chi connectivity index (χ3v) is 5.62. The van der Waals surface area contributed by atoms with Crippen LogP contribution < -0.4 is 14.8 Å². The fourth-order valence-electron chi connectivity index (χ4n) is 3.69. The molecule has 0 radical (unpaired) electrons. The lowest BCUT2D eigenvalue weighted by atomic mass is 9.98. The lowest BCUT2D eigenvalue weighted by Crippen LogP contribution is -2.29. The molecular weight excluding hydrogens is 446 g/mol. The van der Waals surface area contributed by atoms with Crippen molar-refractivity contribution in [3.05, 3.63) is 130 Å². The van der Waals surface area contributed by atoms with E-state index in [2.05, 4.69) is 5.32 Å². The van der Waals surface area contributed by atoms with E-state index in [-0.39, 0.29) is 18.6 Å². The molecule has 4 aromatic carbocycles. The molecule has 4 rings (SSSR count). The minimum absolute atomic E-state index is 0.173. The maximum absolute atomic E-state index is 13.3. The summed E-state index contributed by atoms with van der Waals surface area (Å²) in [6, 6.07) is 32.2. The van der Waals surface area contributed by atoms with Gasteiger partial charge in [0, 0.05) is 16.1 Å². The van der Waals surface area contributed by atoms with Crippen LogP contribution in [0.2, 0.25) is 5.02 Å². The summed E-state index contributed by atoms with van der Waals surface area (Å²) in [5.41, 5.74) is 3.36. The number of rotatable bonds is 9. The molecule has 34 heavy (non-hydrogen) atoms. The minimum Gasteiger partial charge on any atom is -0.493 e. The van der Waals surface area contributed by atoms with E-state index in [1.54, 1.807) is 18.2 Å². The van der Waals surface area contributed by atoms with Crippen molar-refractivity contribution >= 4 is 17.5 Å². The van der Waals surface area contributed by atoms with Crippen molar-refractivity contribution in [3.8, 4) is 11.5 Å². The topological polar surface area (TPSA) is 47.6 Å². The largest absolute Gasteiger partial charge is 0.493 e. The maximum Gasteiger partial charge on any atom is 0.252 e. The van der Waals surface area contributed by atoms with Crippen LogP contribution in [0.3, 0.4) is 0 Å². The molecule has 0 saturated heterocycles. The van der Waals surface area contributed by atoms with Gasteiger partial charge in [0.1, 0.15) is 18.1 Å². The van der Waals surface area contributed by atoms with Gasteiger partial charge < -0.3 is 14.8 Å². The van der Waals surface area contributed by atoms with E-state index in [1.165, 1.54) is 0 Å². The van der Waals surface area contributed by atoms with Crippen LogP contribution in [0.4, 0.5) is 0 Å². The average molecular weight is 472 g/mol. The third-order valence-electron chi connectivity index (χ3n) is 5.37. The molecule has 0 fully saturated rings. The molecule has 1 amide bonds. The quantitative estimate of drug-likeness (QED) is 0.291. The van der Waals surface area contributed by atoms with Crippen molar-refractivity contribution in [1.29, 1.82) is 0 Å². The van der Waals surface area contributed by atoms with Crippen LogP contribution in [-0.4, -0.2) is 12.5 Å². The monoisotopic (exact) mass is 471 g/mol. The Balaban J connectivity index is 1.57. The van der Waals surface area contributed by atoms with E-state index >= 15 is 0 Å². The Labute approximate surface area is 205 Å². The number of hydrogen-bond acceptors (Lipinski definition) is 3. The van der Waals surface area contributed by atoms with Crippen molar-refractivity contribution < 1.29 is 14.3 Å². The molecular formula is C29H26ClNO3. The summed E-state index contributed by atoms with van der Waals surface area (Å²) in [5.74, 6) is 1.21. The summed E-state index contributed by atoms with van der Waals surface area (Å²) < 4.78 is 11.7. The molecule has 0 saturated carbocycles. The van der Waals surface area contributed by atoms with Crippen LogP contribution in [0.5, 0.6) is 11.5 Å². The first-order chi connectivity index (χ1) is 16.6. The number of carbonyl (C=O) groups is 1. The summed E-state index contributed by atoms with van der Waals surface area (Å²) in [4.78, 5) is 13.3. The van der Waals surface area contributed by atoms with E-state index in [0.717, 1.165) is 16.7 Å². The zero-order chi connectivity index (χ0) is 23.8. The molecule has 0 aliphatic rings. The predicted molar refractivity (Wildman–Crippen MR) is 136 cm³/mol. The molecule has 0 bridgehead atoms. The van der Waals surface area contributed by atoms with Gasteiger partial charge in [-0.1, -0.05) is 72.3 Å². The van der Waals surface area contributed by atoms with Gasteiger partial charge >= 0.3 is 0 Å². The molecule has 4 aromatic rings. The lowest BCUT2D eigenvalue weighted by molar-refractivity contribution is 0.0942. The molecule has 0 aliphatic heterocycles. The zero-order valence-electron chi connectivity index (χ0n) is 18.9. The first-order valence-electron chi connectivity index (χ1n) is 11.2. The number of benzene rings is 4. The highest BCUT2D eigenvalue weighted by Crippen LogP contribution is 2.26. The summed E-state index contributed by atoms with van der Waals surface area (Å²) in [6.45, 7) is 2.71. The molecule has 5 heteroatoms. The van der Waals surface area contributed by atoms with Gasteiger partial charge in [-0.25, -0.2) is 0 Å². The lowest BCUT2D eigenvalue weighted by Gasteiger charge is -2.20. The number of ether oxygens (including phenoxy) is 2. The van der Waals surface area contributed by atoms with Gasteiger partial charge in [-0.15, -0.1) is 0 Å². The fraction of sp³-hybridized carbons (Fsp3) is 0.138. The normalized spacial score (nSPS) is 10.7. The van der Waals surface area contributed by atoms with Crippen molar-refractivity contribution in [2.24, 2.45) is 0 Å². The molecule has 0 unspecified atom stereocenters. The Morgan fingerprint density at radius 1 is 0.824 bits per heavy atom. The van der Waals surface area contributed by atoms with E-state index < -0.39 is 0 Å². The van der Waals surface area contributed by atoms with Gasteiger partial charge in [0.05, 0.1) is 12.6 Å². The third kappa shape index (κ3) is 5.97. The molecule has 0 spiro atoms. The number of hydrogen-bond donors (Lipinski definition) is 1. The average Bonchev–Trinajstić information content (AvgIpc) is 2.88. The smallest absolute Gasteiger partial charge is 0.252 e. The maximum atomic E-state index is 13.3. The van der Waals surface area contributed by atoms with E-state index in [0.29, 0.717) is 28.7 Å². The summed E-state index contributed by atoms with van der Waals surface area (Å²) >= 11 is 5.96. The zero-order valence-corrected chi connectivity index (χ0v) is 19.7. The first kappa shape index (κ1) is 23.4. The molecule has 0 aromatic heterocycles. The van der Waals surface area contributed by atoms with Crippen LogP contribution in [0.25, 0.3) is 0 Å². The summed E-state index contributed by atoms with van der Waals surface area (Å²) in [7, 11) is 0. The SMILES string of the molecule is CCOc1ccc(C(=O)NC(c2ccccc2)c2ccccc2)cc1COc1ccc(Cl)cc1. The van der Waals surface area contributed by atoms with Gasteiger partial charge in [-0.3, -0.25) is 4.79 Å². The van der Waals surface area contributed by atoms with Crippen molar-refractivity contribution in [2.75, 3.05) is 6.61 Å². The van der Waals surface area contributed by atoms with Crippen molar-refractivity contribution in [1.82, 2.24) is 5.32 Å². The molecule has 0 aliphatic carbocycles. The molecule has 0 atom stereocenters. The van der Waals surface area contributed by atoms with Gasteiger partial charge in [-0.05, 0) is 60.5 Å². The summed E-state index contributed by atoms with van der Waals surface area (Å²) in [5, 5.41) is 3.84. The second kappa shape index (κ2) is 11.4. The van der Waals surface area contributed by atoms with Crippen molar-refractivity contribution in [2.45, 2.75) is 19.6 Å². The van der Waals surface area contributed by atoms with Crippen LogP contribution in [-0.2, 0) is 6.61 Å². The van der Waals surface area contributed by atoms with E-state index in [9.17, 15) is 4.79 Å². The van der Waals surface area contributed by atoms with Crippen LogP contribution in [0, 0.1) is 0 Å². The van der Waals surface area contributed by atoms with Crippen LogP contribution >= 0.6 is 11.6 Å². The van der Waals surface area contributed by atoms with Gasteiger partial charge in [-0.2, -0.15) is 0 Å². The Morgan fingerprint density at radius 3 is 2.03 bits per heavy atom. The highest BCUT2D eigenvalue weighted by molar-refractivity contribution is 6.30. The highest BCUT2D eigenvalue weighted by atomic mass is 35.5. The fourth-order valence-corrected chi connectivity index (χ4v) is 3.81. The Morgan fingerprint density at radius 2 is 1.44 bits per heavy atom. The second-order valence-corrected chi connectivity index (χ2v) is 8.16. The molecule has 172 valence electrons. The second-order valence-electron chi connectivity index (χ2n) is 7.73. The summed E-state index contributed by atoms with van der Waals surface area (Å²) in [6.07, 6.45) is 0. The number of amides is 1.